The number of methoxy groups -OCH3 is 1. The third-order valence-electron chi connectivity index (χ3n) is 2.66. The second-order valence-electron chi connectivity index (χ2n) is 4.10. The Hall–Kier alpha value is -1.66. The second kappa shape index (κ2) is 7.38. The van der Waals surface area contributed by atoms with Crippen molar-refractivity contribution in [2.75, 3.05) is 7.11 Å². The molecule has 1 N–H and O–H groups in total. The molecule has 0 fully saturated rings. The van der Waals surface area contributed by atoms with E-state index in [1.165, 1.54) is 0 Å². The Morgan fingerprint density at radius 1 is 1.19 bits per heavy atom. The van der Waals surface area contributed by atoms with Crippen molar-refractivity contribution in [2.45, 2.75) is 0 Å². The number of hydrogen-bond donors (Lipinski definition) is 1. The van der Waals surface area contributed by atoms with Gasteiger partial charge in [0.25, 0.3) is 5.91 Å². The summed E-state index contributed by atoms with van der Waals surface area (Å²) in [4.78, 5) is 11.8. The van der Waals surface area contributed by atoms with Gasteiger partial charge >= 0.3 is 0 Å². The van der Waals surface area contributed by atoms with Gasteiger partial charge in [-0.15, -0.1) is 0 Å². The molecule has 0 saturated carbocycles. The normalized spacial score (nSPS) is 10.6. The average molecular weight is 412 g/mol. The van der Waals surface area contributed by atoms with E-state index in [0.717, 1.165) is 20.3 Å². The molecule has 0 aliphatic rings. The molecule has 1 amide bonds. The van der Waals surface area contributed by atoms with Crippen LogP contribution in [0.2, 0.25) is 0 Å². The van der Waals surface area contributed by atoms with Crippen molar-refractivity contribution in [1.29, 1.82) is 0 Å². The number of halogens is 2. The fourth-order valence-electron chi connectivity index (χ4n) is 1.59. The fourth-order valence-corrected chi connectivity index (χ4v) is 2.42. The van der Waals surface area contributed by atoms with Crippen LogP contribution in [0.3, 0.4) is 0 Å². The zero-order valence-corrected chi connectivity index (χ0v) is 14.3. The van der Waals surface area contributed by atoms with Gasteiger partial charge in [0.2, 0.25) is 0 Å². The lowest BCUT2D eigenvalue weighted by Gasteiger charge is -2.03. The SMILES string of the molecule is COc1ccc(/C=N\NC(=O)c2ccc(Br)cc2)cc1Br. The van der Waals surface area contributed by atoms with Crippen LogP contribution in [0.1, 0.15) is 15.9 Å². The molecule has 0 atom stereocenters. The first kappa shape index (κ1) is 15.7. The smallest absolute Gasteiger partial charge is 0.271 e. The number of nitrogens with zero attached hydrogens (tertiary/aromatic N) is 1. The molecule has 108 valence electrons. The second-order valence-corrected chi connectivity index (χ2v) is 5.87. The van der Waals surface area contributed by atoms with E-state index in [1.54, 1.807) is 37.6 Å². The summed E-state index contributed by atoms with van der Waals surface area (Å²) in [6.45, 7) is 0. The standard InChI is InChI=1S/C15H12Br2N2O2/c1-21-14-7-2-10(8-13(14)17)9-18-19-15(20)11-3-5-12(16)6-4-11/h2-9H,1H3,(H,19,20)/b18-9-. The molecule has 0 aliphatic carbocycles. The number of rotatable bonds is 4. The number of hydrazone groups is 1. The van der Waals surface area contributed by atoms with Gasteiger partial charge < -0.3 is 4.74 Å². The average Bonchev–Trinajstić information content (AvgIpc) is 2.48. The number of carbonyl (C=O) groups excluding carboxylic acids is 1. The number of amides is 1. The molecule has 0 unspecified atom stereocenters. The van der Waals surface area contributed by atoms with Gasteiger partial charge in [0.1, 0.15) is 5.75 Å². The maximum absolute atomic E-state index is 11.8. The van der Waals surface area contributed by atoms with Gasteiger partial charge in [-0.05, 0) is 64.0 Å². The number of nitrogens with one attached hydrogen (secondary N) is 1. The van der Waals surface area contributed by atoms with Crippen LogP contribution in [0, 0.1) is 0 Å². The number of benzene rings is 2. The van der Waals surface area contributed by atoms with Gasteiger partial charge in [0.15, 0.2) is 0 Å². The highest BCUT2D eigenvalue weighted by atomic mass is 79.9. The first-order chi connectivity index (χ1) is 10.1. The minimum absolute atomic E-state index is 0.258. The third-order valence-corrected chi connectivity index (χ3v) is 3.81. The van der Waals surface area contributed by atoms with Crippen LogP contribution in [0.25, 0.3) is 0 Å². The lowest BCUT2D eigenvalue weighted by atomic mass is 10.2. The summed E-state index contributed by atoms with van der Waals surface area (Å²) < 4.78 is 6.89. The summed E-state index contributed by atoms with van der Waals surface area (Å²) in [5.41, 5.74) is 3.88. The largest absolute Gasteiger partial charge is 0.496 e. The molecule has 0 heterocycles. The van der Waals surface area contributed by atoms with E-state index in [4.69, 9.17) is 4.74 Å². The van der Waals surface area contributed by atoms with Crippen LogP contribution >= 0.6 is 31.9 Å². The van der Waals surface area contributed by atoms with Gasteiger partial charge in [-0.25, -0.2) is 5.43 Å². The van der Waals surface area contributed by atoms with Gasteiger partial charge in [-0.3, -0.25) is 4.79 Å². The van der Waals surface area contributed by atoms with Crippen LogP contribution in [-0.4, -0.2) is 19.2 Å². The highest BCUT2D eigenvalue weighted by Crippen LogP contribution is 2.24. The lowest BCUT2D eigenvalue weighted by Crippen LogP contribution is -2.17. The van der Waals surface area contributed by atoms with E-state index in [1.807, 2.05) is 18.2 Å². The first-order valence-electron chi connectivity index (χ1n) is 6.02. The van der Waals surface area contributed by atoms with Crippen molar-refractivity contribution in [2.24, 2.45) is 5.10 Å². The van der Waals surface area contributed by atoms with E-state index in [-0.39, 0.29) is 5.91 Å². The van der Waals surface area contributed by atoms with Crippen molar-refractivity contribution >= 4 is 44.0 Å². The number of carbonyl (C=O) groups is 1. The Balaban J connectivity index is 2.00. The van der Waals surface area contributed by atoms with Crippen molar-refractivity contribution in [3.8, 4) is 5.75 Å². The van der Waals surface area contributed by atoms with Crippen LogP contribution in [0.4, 0.5) is 0 Å². The molecule has 4 nitrogen and oxygen atoms in total. The summed E-state index contributed by atoms with van der Waals surface area (Å²) in [5.74, 6) is 0.484. The quantitative estimate of drug-likeness (QED) is 0.610. The highest BCUT2D eigenvalue weighted by Gasteiger charge is 2.03. The van der Waals surface area contributed by atoms with Crippen molar-refractivity contribution in [3.05, 3.63) is 62.5 Å². The van der Waals surface area contributed by atoms with Crippen LogP contribution in [0.5, 0.6) is 5.75 Å². The Bertz CT molecular complexity index is 670. The minimum atomic E-state index is -0.258. The van der Waals surface area contributed by atoms with Crippen molar-refractivity contribution in [1.82, 2.24) is 5.43 Å². The Kier molecular flexibility index (Phi) is 5.52. The Morgan fingerprint density at radius 2 is 1.90 bits per heavy atom. The van der Waals surface area contributed by atoms with E-state index < -0.39 is 0 Å². The van der Waals surface area contributed by atoms with E-state index in [9.17, 15) is 4.79 Å². The molecule has 0 saturated heterocycles. The molecule has 0 radical (unpaired) electrons. The van der Waals surface area contributed by atoms with Crippen molar-refractivity contribution < 1.29 is 9.53 Å². The predicted octanol–water partition coefficient (Wildman–Crippen LogP) is 3.98. The summed E-state index contributed by atoms with van der Waals surface area (Å²) in [6, 6.07) is 12.6. The van der Waals surface area contributed by atoms with Crippen LogP contribution < -0.4 is 10.2 Å². The minimum Gasteiger partial charge on any atom is -0.496 e. The van der Waals surface area contributed by atoms with Gasteiger partial charge in [0, 0.05) is 10.0 Å². The van der Waals surface area contributed by atoms with Gasteiger partial charge in [-0.2, -0.15) is 5.10 Å². The maximum Gasteiger partial charge on any atom is 0.271 e. The molecular weight excluding hydrogens is 400 g/mol. The monoisotopic (exact) mass is 410 g/mol. The van der Waals surface area contributed by atoms with Crippen LogP contribution in [0.15, 0.2) is 56.5 Å². The zero-order valence-electron chi connectivity index (χ0n) is 11.1. The summed E-state index contributed by atoms with van der Waals surface area (Å²) >= 11 is 6.71. The van der Waals surface area contributed by atoms with E-state index >= 15 is 0 Å². The third kappa shape index (κ3) is 4.41. The molecule has 0 bridgehead atoms. The molecule has 2 aromatic rings. The maximum atomic E-state index is 11.8. The highest BCUT2D eigenvalue weighted by molar-refractivity contribution is 9.10. The zero-order chi connectivity index (χ0) is 15.2. The van der Waals surface area contributed by atoms with E-state index in [2.05, 4.69) is 42.4 Å². The van der Waals surface area contributed by atoms with Gasteiger partial charge in [0.05, 0.1) is 17.8 Å². The molecule has 21 heavy (non-hydrogen) atoms. The van der Waals surface area contributed by atoms with E-state index in [0.29, 0.717) is 5.56 Å². The lowest BCUT2D eigenvalue weighted by molar-refractivity contribution is 0.0955. The summed E-state index contributed by atoms with van der Waals surface area (Å²) in [7, 11) is 1.60. The predicted molar refractivity (Wildman–Crippen MR) is 89.9 cm³/mol. The van der Waals surface area contributed by atoms with Crippen LogP contribution in [-0.2, 0) is 0 Å². The summed E-state index contributed by atoms with van der Waals surface area (Å²) in [6.07, 6.45) is 1.57. The number of hydrogen-bond acceptors (Lipinski definition) is 3. The first-order valence-corrected chi connectivity index (χ1v) is 7.61. The van der Waals surface area contributed by atoms with Crippen molar-refractivity contribution in [3.63, 3.8) is 0 Å². The molecule has 0 aromatic heterocycles. The molecule has 0 aliphatic heterocycles. The Labute approximate surface area is 139 Å². The fraction of sp³-hybridized carbons (Fsp3) is 0.0667. The molecule has 2 rings (SSSR count). The number of ether oxygens (including phenoxy) is 1. The Morgan fingerprint density at radius 3 is 2.52 bits per heavy atom. The van der Waals surface area contributed by atoms with Gasteiger partial charge in [-0.1, -0.05) is 15.9 Å². The molecular formula is C15H12Br2N2O2. The topological polar surface area (TPSA) is 50.7 Å². The summed E-state index contributed by atoms with van der Waals surface area (Å²) in [5, 5.41) is 3.94. The molecule has 2 aromatic carbocycles. The molecule has 6 heteroatoms. The molecule has 0 spiro atoms.